The zero-order valence-electron chi connectivity index (χ0n) is 13.9. The smallest absolute Gasteiger partial charge is 0.236 e. The third-order valence-electron chi connectivity index (χ3n) is 4.11. The number of phenols is 2. The molecule has 0 bridgehead atoms. The number of hydrogen-bond donors (Lipinski definition) is 8. The molecule has 0 unspecified atom stereocenters. The van der Waals surface area contributed by atoms with E-state index in [4.69, 9.17) is 9.84 Å². The molecule has 1 aromatic carbocycles. The first-order chi connectivity index (χ1) is 12.3. The molecule has 10 heteroatoms. The van der Waals surface area contributed by atoms with Crippen molar-refractivity contribution in [3.05, 3.63) is 23.8 Å². The van der Waals surface area contributed by atoms with Crippen LogP contribution in [0.15, 0.2) is 18.2 Å². The van der Waals surface area contributed by atoms with Crippen LogP contribution < -0.4 is 10.6 Å². The number of aliphatic hydroxyl groups is 4. The fraction of sp³-hybridized carbons (Fsp3) is 0.562. The number of amides is 1. The Hall–Kier alpha value is -1.95. The minimum Gasteiger partial charge on any atom is -0.504 e. The minimum absolute atomic E-state index is 0.0981. The van der Waals surface area contributed by atoms with Crippen LogP contribution >= 0.6 is 0 Å². The summed E-state index contributed by atoms with van der Waals surface area (Å²) in [7, 11) is 0. The van der Waals surface area contributed by atoms with Crippen LogP contribution in [-0.4, -0.2) is 86.9 Å². The Labute approximate surface area is 149 Å². The number of ether oxygens (including phenoxy) is 1. The molecule has 5 atom stereocenters. The van der Waals surface area contributed by atoms with Crippen molar-refractivity contribution in [2.45, 2.75) is 37.1 Å². The second-order valence-corrected chi connectivity index (χ2v) is 6.07. The average Bonchev–Trinajstić information content (AvgIpc) is 2.62. The van der Waals surface area contributed by atoms with Crippen molar-refractivity contribution in [2.75, 3.05) is 19.7 Å². The maximum atomic E-state index is 11.9. The molecule has 1 fully saturated rings. The van der Waals surface area contributed by atoms with Crippen LogP contribution in [0, 0.1) is 0 Å². The molecule has 10 nitrogen and oxygen atoms in total. The van der Waals surface area contributed by atoms with Gasteiger partial charge in [-0.2, -0.15) is 0 Å². The van der Waals surface area contributed by atoms with Gasteiger partial charge < -0.3 is 46.0 Å². The van der Waals surface area contributed by atoms with Crippen LogP contribution in [0.1, 0.15) is 5.56 Å². The molecule has 0 spiro atoms. The Morgan fingerprint density at radius 3 is 2.46 bits per heavy atom. The Bertz CT molecular complexity index is 612. The number of aromatic hydroxyl groups is 2. The van der Waals surface area contributed by atoms with E-state index in [2.05, 4.69) is 10.6 Å². The Kier molecular flexibility index (Phi) is 7.14. The van der Waals surface area contributed by atoms with E-state index in [1.807, 2.05) is 0 Å². The number of phenolic OH excluding ortho intramolecular Hbond substituents is 2. The van der Waals surface area contributed by atoms with Crippen molar-refractivity contribution >= 4 is 5.91 Å². The molecule has 0 aromatic heterocycles. The highest BCUT2D eigenvalue weighted by Gasteiger charge is 2.43. The Balaban J connectivity index is 1.75. The molecule has 1 aliphatic heterocycles. The van der Waals surface area contributed by atoms with E-state index < -0.39 is 43.2 Å². The monoisotopic (exact) mass is 372 g/mol. The second-order valence-electron chi connectivity index (χ2n) is 6.07. The van der Waals surface area contributed by atoms with Crippen LogP contribution in [0.4, 0.5) is 0 Å². The summed E-state index contributed by atoms with van der Waals surface area (Å²) in [5.74, 6) is -0.939. The molecule has 1 saturated heterocycles. The molecule has 2 rings (SSSR count). The third kappa shape index (κ3) is 5.04. The lowest BCUT2D eigenvalue weighted by Gasteiger charge is -2.40. The van der Waals surface area contributed by atoms with Gasteiger partial charge in [0.25, 0.3) is 0 Å². The average molecular weight is 372 g/mol. The second kappa shape index (κ2) is 9.12. The van der Waals surface area contributed by atoms with Crippen LogP contribution in [-0.2, 0) is 16.0 Å². The SMILES string of the molecule is O=C(CNCCc1ccc(O)c(O)c1)N[C@@H]1O[C@H](CO)[C@@H](O)[C@H](O)[C@H]1O. The lowest BCUT2D eigenvalue weighted by Crippen LogP contribution is -2.63. The zero-order chi connectivity index (χ0) is 19.3. The summed E-state index contributed by atoms with van der Waals surface area (Å²) in [5, 5.41) is 62.2. The van der Waals surface area contributed by atoms with E-state index in [0.29, 0.717) is 13.0 Å². The molecule has 0 saturated carbocycles. The van der Waals surface area contributed by atoms with Crippen molar-refractivity contribution in [2.24, 2.45) is 0 Å². The fourth-order valence-electron chi connectivity index (χ4n) is 2.59. The molecule has 26 heavy (non-hydrogen) atoms. The van der Waals surface area contributed by atoms with Crippen molar-refractivity contribution in [3.63, 3.8) is 0 Å². The van der Waals surface area contributed by atoms with Gasteiger partial charge in [0.05, 0.1) is 13.2 Å². The first-order valence-corrected chi connectivity index (χ1v) is 8.15. The van der Waals surface area contributed by atoms with Gasteiger partial charge in [-0.15, -0.1) is 0 Å². The number of aliphatic hydroxyl groups excluding tert-OH is 4. The zero-order valence-corrected chi connectivity index (χ0v) is 13.9. The van der Waals surface area contributed by atoms with Crippen LogP contribution in [0.3, 0.4) is 0 Å². The normalized spacial score (nSPS) is 28.7. The van der Waals surface area contributed by atoms with Gasteiger partial charge in [-0.25, -0.2) is 0 Å². The van der Waals surface area contributed by atoms with Gasteiger partial charge in [0.15, 0.2) is 17.7 Å². The van der Waals surface area contributed by atoms with E-state index in [-0.39, 0.29) is 18.0 Å². The van der Waals surface area contributed by atoms with Crippen molar-refractivity contribution in [3.8, 4) is 11.5 Å². The van der Waals surface area contributed by atoms with Crippen molar-refractivity contribution < 1.29 is 40.2 Å². The predicted octanol–water partition coefficient (Wildman–Crippen LogP) is -2.85. The minimum atomic E-state index is -1.55. The summed E-state index contributed by atoms with van der Waals surface area (Å²) in [6.07, 6.45) is -6.41. The summed E-state index contributed by atoms with van der Waals surface area (Å²) < 4.78 is 5.18. The number of carbonyl (C=O) groups is 1. The first-order valence-electron chi connectivity index (χ1n) is 8.15. The Morgan fingerprint density at radius 1 is 1.08 bits per heavy atom. The highest BCUT2D eigenvalue weighted by molar-refractivity contribution is 5.78. The maximum absolute atomic E-state index is 11.9. The van der Waals surface area contributed by atoms with Crippen molar-refractivity contribution in [1.29, 1.82) is 0 Å². The highest BCUT2D eigenvalue weighted by atomic mass is 16.6. The molecule has 1 amide bonds. The molecule has 1 aromatic rings. The van der Waals surface area contributed by atoms with Gasteiger partial charge in [0, 0.05) is 0 Å². The molecule has 1 aliphatic rings. The van der Waals surface area contributed by atoms with Crippen LogP contribution in [0.2, 0.25) is 0 Å². The van der Waals surface area contributed by atoms with Crippen LogP contribution in [0.25, 0.3) is 0 Å². The topological polar surface area (TPSA) is 172 Å². The molecular formula is C16H24N2O8. The Morgan fingerprint density at radius 2 is 1.81 bits per heavy atom. The quantitative estimate of drug-likeness (QED) is 0.185. The van der Waals surface area contributed by atoms with Gasteiger partial charge in [0.1, 0.15) is 24.4 Å². The highest BCUT2D eigenvalue weighted by Crippen LogP contribution is 2.24. The number of hydrogen-bond acceptors (Lipinski definition) is 9. The maximum Gasteiger partial charge on any atom is 0.236 e. The number of carbonyl (C=O) groups excluding carboxylic acids is 1. The molecule has 8 N–H and O–H groups in total. The van der Waals surface area contributed by atoms with E-state index in [9.17, 15) is 30.3 Å². The van der Waals surface area contributed by atoms with E-state index >= 15 is 0 Å². The van der Waals surface area contributed by atoms with E-state index in [0.717, 1.165) is 5.56 Å². The molecule has 0 aliphatic carbocycles. The molecule has 0 radical (unpaired) electrons. The van der Waals surface area contributed by atoms with Gasteiger partial charge in [-0.05, 0) is 30.7 Å². The van der Waals surface area contributed by atoms with Gasteiger partial charge in [-0.1, -0.05) is 6.07 Å². The van der Waals surface area contributed by atoms with E-state index in [1.165, 1.54) is 12.1 Å². The lowest BCUT2D eigenvalue weighted by molar-refractivity contribution is -0.235. The fourth-order valence-corrected chi connectivity index (χ4v) is 2.59. The third-order valence-corrected chi connectivity index (χ3v) is 4.11. The first kappa shape index (κ1) is 20.4. The van der Waals surface area contributed by atoms with Gasteiger partial charge in [-0.3, -0.25) is 4.79 Å². The number of rotatable bonds is 7. The molecule has 146 valence electrons. The lowest BCUT2D eigenvalue weighted by atomic mass is 9.98. The van der Waals surface area contributed by atoms with Crippen molar-refractivity contribution in [1.82, 2.24) is 10.6 Å². The standard InChI is InChI=1S/C16H24N2O8/c19-7-11-13(23)14(24)15(25)16(26-11)18-12(22)6-17-4-3-8-1-2-9(20)10(21)5-8/h1-2,5,11,13-17,19-21,23-25H,3-4,6-7H2,(H,18,22)/t11-,13-,14+,15-,16-/m1/s1. The summed E-state index contributed by atoms with van der Waals surface area (Å²) in [6, 6.07) is 4.44. The molecule has 1 heterocycles. The summed E-state index contributed by atoms with van der Waals surface area (Å²) in [5.41, 5.74) is 0.766. The molecular weight excluding hydrogens is 348 g/mol. The number of benzene rings is 1. The van der Waals surface area contributed by atoms with E-state index in [1.54, 1.807) is 6.07 Å². The van der Waals surface area contributed by atoms with Gasteiger partial charge >= 0.3 is 0 Å². The summed E-state index contributed by atoms with van der Waals surface area (Å²) in [4.78, 5) is 11.9. The van der Waals surface area contributed by atoms with Gasteiger partial charge in [0.2, 0.25) is 5.91 Å². The largest absolute Gasteiger partial charge is 0.504 e. The number of nitrogens with one attached hydrogen (secondary N) is 2. The summed E-state index contributed by atoms with van der Waals surface area (Å²) >= 11 is 0. The predicted molar refractivity (Wildman–Crippen MR) is 88.3 cm³/mol. The summed E-state index contributed by atoms with van der Waals surface area (Å²) in [6.45, 7) is -0.263. The van der Waals surface area contributed by atoms with Crippen LogP contribution in [0.5, 0.6) is 11.5 Å².